The van der Waals surface area contributed by atoms with E-state index in [-0.39, 0.29) is 0 Å². The molecular formula is C14H25F3N2. The fraction of sp³-hybridized carbons (Fsp3) is 1.00. The molecule has 0 aromatic rings. The van der Waals surface area contributed by atoms with Crippen molar-refractivity contribution in [3.05, 3.63) is 0 Å². The maximum Gasteiger partial charge on any atom is 0.405 e. The molecule has 2 atom stereocenters. The predicted molar refractivity (Wildman–Crippen MR) is 69.8 cm³/mol. The van der Waals surface area contributed by atoms with Gasteiger partial charge < -0.3 is 5.73 Å². The molecule has 2 fully saturated rings. The second-order valence-corrected chi connectivity index (χ2v) is 6.30. The average molecular weight is 278 g/mol. The highest BCUT2D eigenvalue weighted by Crippen LogP contribution is 2.47. The van der Waals surface area contributed by atoms with Crippen LogP contribution in [0, 0.1) is 5.41 Å². The van der Waals surface area contributed by atoms with E-state index in [1.165, 1.54) is 25.7 Å². The molecule has 0 aromatic heterocycles. The number of hydrogen-bond acceptors (Lipinski definition) is 2. The highest BCUT2D eigenvalue weighted by Gasteiger charge is 2.49. The monoisotopic (exact) mass is 278 g/mol. The summed E-state index contributed by atoms with van der Waals surface area (Å²) >= 11 is 0. The van der Waals surface area contributed by atoms with E-state index in [0.717, 1.165) is 12.8 Å². The zero-order valence-electron chi connectivity index (χ0n) is 11.7. The molecule has 0 amide bonds. The highest BCUT2D eigenvalue weighted by atomic mass is 19.4. The van der Waals surface area contributed by atoms with Crippen LogP contribution in [0.1, 0.15) is 51.9 Å². The van der Waals surface area contributed by atoms with Crippen molar-refractivity contribution in [2.24, 2.45) is 11.1 Å². The van der Waals surface area contributed by atoms with Crippen molar-refractivity contribution < 1.29 is 13.2 Å². The van der Waals surface area contributed by atoms with Gasteiger partial charge in [0, 0.05) is 6.04 Å². The number of hydrogen-bond donors (Lipinski definition) is 1. The molecule has 2 N–H and O–H groups in total. The lowest BCUT2D eigenvalue weighted by molar-refractivity contribution is -0.194. The van der Waals surface area contributed by atoms with E-state index in [1.807, 2.05) is 0 Å². The Morgan fingerprint density at radius 1 is 1.11 bits per heavy atom. The first-order valence-corrected chi connectivity index (χ1v) is 7.44. The highest BCUT2D eigenvalue weighted by molar-refractivity contribution is 4.95. The van der Waals surface area contributed by atoms with Gasteiger partial charge in [-0.25, -0.2) is 0 Å². The largest absolute Gasteiger partial charge is 0.405 e. The Balaban J connectivity index is 2.01. The minimum Gasteiger partial charge on any atom is -0.326 e. The van der Waals surface area contributed by atoms with Crippen molar-refractivity contribution >= 4 is 0 Å². The lowest BCUT2D eigenvalue weighted by Gasteiger charge is -2.44. The van der Waals surface area contributed by atoms with Gasteiger partial charge in [0.15, 0.2) is 0 Å². The van der Waals surface area contributed by atoms with Gasteiger partial charge in [-0.1, -0.05) is 19.8 Å². The summed E-state index contributed by atoms with van der Waals surface area (Å²) in [6, 6.07) is -2.27. The number of piperidine rings is 1. The maximum atomic E-state index is 13.2. The second kappa shape index (κ2) is 5.60. The molecular weight excluding hydrogens is 253 g/mol. The van der Waals surface area contributed by atoms with Crippen molar-refractivity contribution in [1.29, 1.82) is 0 Å². The number of nitrogens with two attached hydrogens (primary N) is 1. The molecule has 5 heteroatoms. The van der Waals surface area contributed by atoms with Gasteiger partial charge in [0.05, 0.1) is 0 Å². The Labute approximate surface area is 113 Å². The van der Waals surface area contributed by atoms with Crippen LogP contribution in [0.3, 0.4) is 0 Å². The quantitative estimate of drug-likeness (QED) is 0.858. The molecule has 1 aliphatic heterocycles. The molecule has 0 aromatic carbocycles. The van der Waals surface area contributed by atoms with Gasteiger partial charge in [-0.05, 0) is 50.6 Å². The molecule has 1 saturated heterocycles. The number of alkyl halides is 3. The predicted octanol–water partition coefficient (Wildman–Crippen LogP) is 3.31. The minimum atomic E-state index is -4.21. The van der Waals surface area contributed by atoms with E-state index in [1.54, 1.807) is 11.8 Å². The fourth-order valence-corrected chi connectivity index (χ4v) is 3.85. The molecule has 0 radical (unpaired) electrons. The van der Waals surface area contributed by atoms with E-state index in [0.29, 0.717) is 24.9 Å². The molecule has 2 unspecified atom stereocenters. The zero-order chi connectivity index (χ0) is 14.1. The third kappa shape index (κ3) is 3.24. The first kappa shape index (κ1) is 15.1. The van der Waals surface area contributed by atoms with Gasteiger partial charge in [0.2, 0.25) is 0 Å². The van der Waals surface area contributed by atoms with Crippen LogP contribution in [0.15, 0.2) is 0 Å². The number of nitrogens with zero attached hydrogens (tertiary/aromatic N) is 1. The van der Waals surface area contributed by atoms with Gasteiger partial charge in [-0.2, -0.15) is 13.2 Å². The smallest absolute Gasteiger partial charge is 0.326 e. The van der Waals surface area contributed by atoms with E-state index in [2.05, 4.69) is 0 Å². The Morgan fingerprint density at radius 2 is 1.63 bits per heavy atom. The van der Waals surface area contributed by atoms with Crippen LogP contribution < -0.4 is 5.73 Å². The topological polar surface area (TPSA) is 29.3 Å². The Morgan fingerprint density at radius 3 is 2.05 bits per heavy atom. The van der Waals surface area contributed by atoms with Gasteiger partial charge in [-0.15, -0.1) is 0 Å². The molecule has 2 nitrogen and oxygen atoms in total. The standard InChI is InChI=1S/C14H25F3N2/c1-2-11(18)12(14(15,16)17)19-9-7-13(8-10-19)5-3-4-6-13/h11-12H,2-10,18H2,1H3. The van der Waals surface area contributed by atoms with Crippen LogP contribution in [0.25, 0.3) is 0 Å². The van der Waals surface area contributed by atoms with E-state index in [9.17, 15) is 13.2 Å². The summed E-state index contributed by atoms with van der Waals surface area (Å²) in [5.74, 6) is 0. The summed E-state index contributed by atoms with van der Waals surface area (Å²) in [5, 5.41) is 0. The molecule has 1 spiro atoms. The lowest BCUT2D eigenvalue weighted by Crippen LogP contribution is -2.58. The number of rotatable bonds is 3. The van der Waals surface area contributed by atoms with E-state index >= 15 is 0 Å². The first-order chi connectivity index (χ1) is 8.88. The fourth-order valence-electron chi connectivity index (χ4n) is 3.85. The summed E-state index contributed by atoms with van der Waals surface area (Å²) in [7, 11) is 0. The summed E-state index contributed by atoms with van der Waals surface area (Å²) < 4.78 is 39.6. The summed E-state index contributed by atoms with van der Waals surface area (Å²) in [6.07, 6.45) is 2.89. The van der Waals surface area contributed by atoms with Crippen molar-refractivity contribution in [1.82, 2.24) is 4.90 Å². The van der Waals surface area contributed by atoms with E-state index in [4.69, 9.17) is 5.73 Å². The summed E-state index contributed by atoms with van der Waals surface area (Å²) in [5.41, 5.74) is 6.07. The number of likely N-dealkylation sites (tertiary alicyclic amines) is 1. The normalized spacial score (nSPS) is 27.6. The first-order valence-electron chi connectivity index (χ1n) is 7.44. The SMILES string of the molecule is CCC(N)C(N1CCC2(CCCC2)CC1)C(F)(F)F. The molecule has 2 aliphatic rings. The molecule has 1 saturated carbocycles. The van der Waals surface area contributed by atoms with Crippen LogP contribution in [-0.4, -0.2) is 36.2 Å². The third-order valence-corrected chi connectivity index (χ3v) is 5.13. The lowest BCUT2D eigenvalue weighted by atomic mass is 9.76. The van der Waals surface area contributed by atoms with Crippen LogP contribution >= 0.6 is 0 Å². The number of halogens is 3. The van der Waals surface area contributed by atoms with Crippen LogP contribution in [0.2, 0.25) is 0 Å². The average Bonchev–Trinajstić information content (AvgIpc) is 2.79. The molecule has 112 valence electrons. The molecule has 1 aliphatic carbocycles. The Bertz CT molecular complexity index is 288. The zero-order valence-corrected chi connectivity index (χ0v) is 11.7. The minimum absolute atomic E-state index is 0.350. The van der Waals surface area contributed by atoms with Gasteiger partial charge in [0.1, 0.15) is 6.04 Å². The molecule has 2 rings (SSSR count). The van der Waals surface area contributed by atoms with Crippen molar-refractivity contribution in [2.75, 3.05) is 13.1 Å². The van der Waals surface area contributed by atoms with E-state index < -0.39 is 18.3 Å². The summed E-state index contributed by atoms with van der Waals surface area (Å²) in [6.45, 7) is 2.83. The Kier molecular flexibility index (Phi) is 4.45. The van der Waals surface area contributed by atoms with Crippen molar-refractivity contribution in [3.63, 3.8) is 0 Å². The molecule has 0 bridgehead atoms. The van der Waals surface area contributed by atoms with Crippen LogP contribution in [-0.2, 0) is 0 Å². The van der Waals surface area contributed by atoms with Gasteiger partial charge in [-0.3, -0.25) is 4.90 Å². The van der Waals surface area contributed by atoms with Crippen molar-refractivity contribution in [3.8, 4) is 0 Å². The third-order valence-electron chi connectivity index (χ3n) is 5.13. The molecule has 1 heterocycles. The summed E-state index contributed by atoms with van der Waals surface area (Å²) in [4.78, 5) is 1.58. The van der Waals surface area contributed by atoms with Crippen LogP contribution in [0.5, 0.6) is 0 Å². The van der Waals surface area contributed by atoms with Gasteiger partial charge in [0.25, 0.3) is 0 Å². The molecule has 19 heavy (non-hydrogen) atoms. The van der Waals surface area contributed by atoms with Crippen LogP contribution in [0.4, 0.5) is 13.2 Å². The Hall–Kier alpha value is -0.290. The van der Waals surface area contributed by atoms with Gasteiger partial charge >= 0.3 is 6.18 Å². The van der Waals surface area contributed by atoms with Crippen molar-refractivity contribution in [2.45, 2.75) is 70.1 Å². The second-order valence-electron chi connectivity index (χ2n) is 6.30. The maximum absolute atomic E-state index is 13.2.